The van der Waals surface area contributed by atoms with E-state index in [-0.39, 0.29) is 28.8 Å². The fourth-order valence-electron chi connectivity index (χ4n) is 5.41. The summed E-state index contributed by atoms with van der Waals surface area (Å²) in [7, 11) is 0. The lowest BCUT2D eigenvalue weighted by atomic mass is 9.91. The normalized spacial score (nSPS) is 17.9. The Labute approximate surface area is 269 Å². The molecule has 4 aromatic rings. The Morgan fingerprint density at radius 1 is 1.00 bits per heavy atom. The minimum Gasteiger partial charge on any atom is -0.366 e. The van der Waals surface area contributed by atoms with Gasteiger partial charge in [0.1, 0.15) is 35.4 Å². The van der Waals surface area contributed by atoms with E-state index in [1.807, 2.05) is 0 Å². The number of rotatable bonds is 9. The molecule has 0 radical (unpaired) electrons. The third kappa shape index (κ3) is 6.71. The zero-order valence-electron chi connectivity index (χ0n) is 23.3. The number of hydrogen-bond acceptors (Lipinski definition) is 4. The molecule has 1 aliphatic rings. The number of aromatic nitrogens is 3. The van der Waals surface area contributed by atoms with Crippen molar-refractivity contribution in [2.45, 2.75) is 47.9 Å². The minimum absolute atomic E-state index is 0.0337. The van der Waals surface area contributed by atoms with Gasteiger partial charge in [-0.2, -0.15) is 13.9 Å². The summed E-state index contributed by atoms with van der Waals surface area (Å²) in [6.45, 7) is -1.06. The summed E-state index contributed by atoms with van der Waals surface area (Å²) < 4.78 is 113. The van der Waals surface area contributed by atoms with Crippen LogP contribution in [-0.4, -0.2) is 26.6 Å². The molecule has 0 aliphatic heterocycles. The molecule has 3 N–H and O–H groups in total. The summed E-state index contributed by atoms with van der Waals surface area (Å²) in [6.07, 6.45) is -4.23. The number of alkyl halides is 6. The monoisotopic (exact) mass is 763 g/mol. The van der Waals surface area contributed by atoms with Crippen LogP contribution in [0.2, 0.25) is 0 Å². The minimum atomic E-state index is -3.79. The highest BCUT2D eigenvalue weighted by atomic mass is 127. The molecule has 2 amide bonds. The second-order valence-electron chi connectivity index (χ2n) is 10.6. The maximum absolute atomic E-state index is 15.3. The van der Waals surface area contributed by atoms with Gasteiger partial charge in [-0.05, 0) is 70.5 Å². The van der Waals surface area contributed by atoms with Crippen molar-refractivity contribution in [2.24, 2.45) is 5.73 Å². The van der Waals surface area contributed by atoms with Gasteiger partial charge in [0.2, 0.25) is 5.91 Å². The summed E-state index contributed by atoms with van der Waals surface area (Å²) in [5, 5.41) is 6.02. The number of carbonyl (C=O) groups is 2. The van der Waals surface area contributed by atoms with Gasteiger partial charge in [-0.3, -0.25) is 19.3 Å². The lowest BCUT2D eigenvalue weighted by Crippen LogP contribution is -2.36. The number of nitrogens with two attached hydrogens (primary N) is 1. The van der Waals surface area contributed by atoms with Crippen LogP contribution in [0.5, 0.6) is 0 Å². The van der Waals surface area contributed by atoms with E-state index in [2.05, 4.69) is 15.4 Å². The van der Waals surface area contributed by atoms with E-state index in [0.29, 0.717) is 10.7 Å². The number of amides is 2. The number of primary amides is 1. The maximum atomic E-state index is 15.3. The van der Waals surface area contributed by atoms with Gasteiger partial charge in [-0.15, -0.1) is 0 Å². The van der Waals surface area contributed by atoms with Gasteiger partial charge < -0.3 is 11.1 Å². The number of hydrogen-bond donors (Lipinski definition) is 2. The molecule has 0 fully saturated rings. The molecule has 2 aromatic heterocycles. The Morgan fingerprint density at radius 2 is 1.70 bits per heavy atom. The van der Waals surface area contributed by atoms with Crippen molar-refractivity contribution in [3.05, 3.63) is 106 Å². The summed E-state index contributed by atoms with van der Waals surface area (Å²) in [5.74, 6) is -8.72. The molecular formula is C30H22F8IN5O2. The molecule has 2 heterocycles. The number of benzene rings is 2. The molecule has 1 aliphatic carbocycles. The van der Waals surface area contributed by atoms with Crippen LogP contribution >= 0.6 is 22.6 Å². The maximum Gasteiger partial charge on any atom is 0.290 e. The van der Waals surface area contributed by atoms with Gasteiger partial charge in [0, 0.05) is 30.7 Å². The number of fused-ring (bicyclic) bond motifs is 1. The van der Waals surface area contributed by atoms with Gasteiger partial charge in [-0.25, -0.2) is 26.3 Å². The number of carbonyl (C=O) groups excluding carboxylic acids is 2. The summed E-state index contributed by atoms with van der Waals surface area (Å²) in [5.41, 5.74) is 1.96. The average molecular weight is 763 g/mol. The van der Waals surface area contributed by atoms with Crippen LogP contribution in [0.15, 0.2) is 54.7 Å². The van der Waals surface area contributed by atoms with Crippen LogP contribution in [0.3, 0.4) is 0 Å². The zero-order valence-corrected chi connectivity index (χ0v) is 25.5. The zero-order chi connectivity index (χ0) is 33.6. The average Bonchev–Trinajstić information content (AvgIpc) is 3.37. The Hall–Kier alpha value is -4.09. The third-order valence-corrected chi connectivity index (χ3v) is 8.43. The fraction of sp³-hybridized carbons (Fsp3) is 0.267. The van der Waals surface area contributed by atoms with Crippen molar-refractivity contribution >= 4 is 34.4 Å². The van der Waals surface area contributed by atoms with Crippen molar-refractivity contribution in [3.63, 3.8) is 0 Å². The highest BCUT2D eigenvalue weighted by molar-refractivity contribution is 14.1. The lowest BCUT2D eigenvalue weighted by molar-refractivity contribution is -0.123. The Bertz CT molecular complexity index is 1810. The van der Waals surface area contributed by atoms with E-state index in [9.17, 15) is 31.5 Å². The first kappa shape index (κ1) is 33.3. The van der Waals surface area contributed by atoms with E-state index in [1.54, 1.807) is 0 Å². The number of pyridine rings is 1. The number of nitrogens with zero attached hydrogens (tertiary/aromatic N) is 3. The molecule has 0 bridgehead atoms. The third-order valence-electron chi connectivity index (χ3n) is 7.35. The molecule has 242 valence electrons. The predicted molar refractivity (Wildman–Crippen MR) is 156 cm³/mol. The Morgan fingerprint density at radius 3 is 2.35 bits per heavy atom. The summed E-state index contributed by atoms with van der Waals surface area (Å²) in [4.78, 5) is 29.5. The quantitative estimate of drug-likeness (QED) is 0.110. The molecule has 0 saturated heterocycles. The molecule has 0 spiro atoms. The lowest BCUT2D eigenvalue weighted by Gasteiger charge is -2.31. The van der Waals surface area contributed by atoms with Crippen LogP contribution in [0.1, 0.15) is 63.9 Å². The predicted octanol–water partition coefficient (Wildman–Crippen LogP) is 6.94. The molecular weight excluding hydrogens is 741 g/mol. The molecule has 2 aromatic carbocycles. The van der Waals surface area contributed by atoms with Gasteiger partial charge in [-0.1, -0.05) is 12.1 Å². The molecule has 0 saturated carbocycles. The van der Waals surface area contributed by atoms with Gasteiger partial charge in [0.05, 0.1) is 22.9 Å². The van der Waals surface area contributed by atoms with E-state index < -0.39 is 93.2 Å². The SMILES string of the molecule is NC(=O)c1cc(-c2cccnc2[C@H](Cc2cc(F)cc(F)c2)NC(=O)Cn2nc(C(F)F)c3c2C(F)(F)CCC3(F)I)ccc1F. The van der Waals surface area contributed by atoms with Crippen molar-refractivity contribution in [1.29, 1.82) is 0 Å². The van der Waals surface area contributed by atoms with Crippen LogP contribution in [0, 0.1) is 17.5 Å². The fourth-order valence-corrected chi connectivity index (χ4v) is 6.22. The van der Waals surface area contributed by atoms with Gasteiger partial charge >= 0.3 is 0 Å². The van der Waals surface area contributed by atoms with Gasteiger partial charge in [0.15, 0.2) is 3.68 Å². The molecule has 16 heteroatoms. The number of nitrogens with one attached hydrogen (secondary N) is 1. The first-order valence-electron chi connectivity index (χ1n) is 13.5. The Kier molecular flexibility index (Phi) is 9.12. The van der Waals surface area contributed by atoms with Crippen LogP contribution in [0.4, 0.5) is 35.1 Å². The molecule has 1 unspecified atom stereocenters. The second kappa shape index (κ2) is 12.6. The summed E-state index contributed by atoms with van der Waals surface area (Å²) in [6, 6.07) is 7.68. The Balaban J connectivity index is 1.57. The summed E-state index contributed by atoms with van der Waals surface area (Å²) >= 11 is 1.16. The standard InChI is InChI=1S/C30H22F8IN5O2/c31-16-8-14(9-17(32)12-16)10-21(24-18(2-1-7-41-24)15-3-4-20(33)19(11-15)28(40)46)42-22(45)13-44-26-23(25(43-44)27(34)35)30(38,39)6-5-29(26,36)37/h1-4,7-9,11-12,21,27H,5-6,10,13H2,(H2,40,46)(H,42,45)/t21-,30?/m0/s1. The van der Waals surface area contributed by atoms with Crippen LogP contribution in [0.25, 0.3) is 11.1 Å². The highest BCUT2D eigenvalue weighted by Gasteiger charge is 2.53. The first-order chi connectivity index (χ1) is 21.6. The van der Waals surface area contributed by atoms with E-state index in [1.165, 1.54) is 24.4 Å². The van der Waals surface area contributed by atoms with Crippen LogP contribution < -0.4 is 11.1 Å². The van der Waals surface area contributed by atoms with Gasteiger partial charge in [0.25, 0.3) is 18.3 Å². The largest absolute Gasteiger partial charge is 0.366 e. The smallest absolute Gasteiger partial charge is 0.290 e. The molecule has 7 nitrogen and oxygen atoms in total. The molecule has 46 heavy (non-hydrogen) atoms. The first-order valence-corrected chi connectivity index (χ1v) is 14.6. The highest BCUT2D eigenvalue weighted by Crippen LogP contribution is 2.54. The molecule has 2 atom stereocenters. The molecule has 5 rings (SSSR count). The van der Waals surface area contributed by atoms with Crippen molar-refractivity contribution in [2.75, 3.05) is 0 Å². The van der Waals surface area contributed by atoms with E-state index >= 15 is 13.2 Å². The van der Waals surface area contributed by atoms with E-state index in [0.717, 1.165) is 46.9 Å². The number of halogens is 9. The van der Waals surface area contributed by atoms with E-state index in [4.69, 9.17) is 5.73 Å². The topological polar surface area (TPSA) is 103 Å². The van der Waals surface area contributed by atoms with Crippen molar-refractivity contribution in [3.8, 4) is 11.1 Å². The van der Waals surface area contributed by atoms with Crippen LogP contribution in [-0.2, 0) is 27.4 Å². The van der Waals surface area contributed by atoms with Crippen molar-refractivity contribution < 1.29 is 44.7 Å². The van der Waals surface area contributed by atoms with Crippen molar-refractivity contribution in [1.82, 2.24) is 20.1 Å². The second-order valence-corrected chi connectivity index (χ2v) is 12.3.